The van der Waals surface area contributed by atoms with Gasteiger partial charge in [-0.2, -0.15) is 0 Å². The van der Waals surface area contributed by atoms with Gasteiger partial charge >= 0.3 is 0 Å². The van der Waals surface area contributed by atoms with Crippen LogP contribution in [-0.4, -0.2) is 46.4 Å². The highest BCUT2D eigenvalue weighted by molar-refractivity contribution is 7.99. The molecule has 1 heterocycles. The number of amides is 2. The molecule has 0 aliphatic rings. The highest BCUT2D eigenvalue weighted by atomic mass is 35.5. The van der Waals surface area contributed by atoms with Crippen molar-refractivity contribution in [2.45, 2.75) is 5.16 Å². The molecular weight excluding hydrogens is 424 g/mol. The molecule has 30 heavy (non-hydrogen) atoms. The second-order valence-corrected chi connectivity index (χ2v) is 7.98. The summed E-state index contributed by atoms with van der Waals surface area (Å²) in [4.78, 5) is 26.8. The maximum atomic E-state index is 12.7. The largest absolute Gasteiger partial charge is 0.375 e. The summed E-state index contributed by atoms with van der Waals surface area (Å²) in [5.41, 5.74) is 2.27. The van der Waals surface area contributed by atoms with Gasteiger partial charge in [-0.3, -0.25) is 9.59 Å². The lowest BCUT2D eigenvalue weighted by atomic mass is 10.1. The van der Waals surface area contributed by atoms with Crippen LogP contribution in [0, 0.1) is 0 Å². The third kappa shape index (κ3) is 5.31. The third-order valence-corrected chi connectivity index (χ3v) is 5.43. The molecule has 0 saturated carbocycles. The highest BCUT2D eigenvalue weighted by Gasteiger charge is 2.14. The zero-order valence-electron chi connectivity index (χ0n) is 16.7. The SMILES string of the molecule is CN(C)c1c(Cl)cccc1NC(=O)c1cccc(NC(=O)CSc2nncn2C)c1. The normalized spacial score (nSPS) is 10.5. The van der Waals surface area contributed by atoms with E-state index < -0.39 is 0 Å². The van der Waals surface area contributed by atoms with Gasteiger partial charge in [-0.1, -0.05) is 35.5 Å². The third-order valence-electron chi connectivity index (χ3n) is 4.09. The van der Waals surface area contributed by atoms with Crippen LogP contribution in [0.25, 0.3) is 0 Å². The van der Waals surface area contributed by atoms with Gasteiger partial charge in [-0.15, -0.1) is 10.2 Å². The van der Waals surface area contributed by atoms with Crippen LogP contribution >= 0.6 is 23.4 Å². The number of carbonyl (C=O) groups is 2. The van der Waals surface area contributed by atoms with Gasteiger partial charge in [-0.05, 0) is 30.3 Å². The summed E-state index contributed by atoms with van der Waals surface area (Å²) in [7, 11) is 5.52. The minimum Gasteiger partial charge on any atom is -0.375 e. The van der Waals surface area contributed by atoms with Crippen molar-refractivity contribution in [3.8, 4) is 0 Å². The van der Waals surface area contributed by atoms with E-state index in [1.165, 1.54) is 11.8 Å². The number of benzene rings is 2. The van der Waals surface area contributed by atoms with E-state index in [1.807, 2.05) is 26.0 Å². The van der Waals surface area contributed by atoms with Crippen LogP contribution in [0.2, 0.25) is 5.02 Å². The van der Waals surface area contributed by atoms with Crippen LogP contribution in [0.4, 0.5) is 17.1 Å². The predicted octanol–water partition coefficient (Wildman–Crippen LogP) is 3.52. The monoisotopic (exact) mass is 444 g/mol. The average Bonchev–Trinajstić information content (AvgIpc) is 3.11. The minimum atomic E-state index is -0.301. The van der Waals surface area contributed by atoms with E-state index in [0.29, 0.717) is 27.1 Å². The average molecular weight is 445 g/mol. The van der Waals surface area contributed by atoms with Crippen molar-refractivity contribution in [3.05, 3.63) is 59.4 Å². The van der Waals surface area contributed by atoms with Crippen molar-refractivity contribution in [3.63, 3.8) is 0 Å². The quantitative estimate of drug-likeness (QED) is 0.542. The van der Waals surface area contributed by atoms with Gasteiger partial charge in [0, 0.05) is 32.4 Å². The van der Waals surface area contributed by atoms with Crippen LogP contribution < -0.4 is 15.5 Å². The Morgan fingerprint density at radius 3 is 2.63 bits per heavy atom. The highest BCUT2D eigenvalue weighted by Crippen LogP contribution is 2.32. The van der Waals surface area contributed by atoms with Gasteiger partial charge in [0.15, 0.2) is 5.16 Å². The van der Waals surface area contributed by atoms with Gasteiger partial charge in [-0.25, -0.2) is 0 Å². The smallest absolute Gasteiger partial charge is 0.255 e. The number of anilines is 3. The molecule has 0 atom stereocenters. The molecule has 0 aliphatic carbocycles. The van der Waals surface area contributed by atoms with E-state index in [9.17, 15) is 9.59 Å². The van der Waals surface area contributed by atoms with Gasteiger partial charge < -0.3 is 20.1 Å². The number of aromatic nitrogens is 3. The molecule has 0 unspecified atom stereocenters. The molecule has 0 radical (unpaired) electrons. The molecule has 10 heteroatoms. The standard InChI is InChI=1S/C20H21ClN6O2S/c1-26(2)18-15(21)8-5-9-16(18)24-19(29)13-6-4-7-14(10-13)23-17(28)11-30-20-25-22-12-27(20)3/h4-10,12H,11H2,1-3H3,(H,23,28)(H,24,29). The number of aryl methyl sites for hydroxylation is 1. The van der Waals surface area contributed by atoms with E-state index in [2.05, 4.69) is 20.8 Å². The number of rotatable bonds is 7. The lowest BCUT2D eigenvalue weighted by Crippen LogP contribution is -2.18. The van der Waals surface area contributed by atoms with E-state index in [1.54, 1.807) is 53.4 Å². The second-order valence-electron chi connectivity index (χ2n) is 6.63. The Labute approximate surface area is 183 Å². The first-order chi connectivity index (χ1) is 14.3. The molecule has 0 saturated heterocycles. The van der Waals surface area contributed by atoms with Crippen molar-refractivity contribution >= 4 is 52.2 Å². The number of nitrogens with zero attached hydrogens (tertiary/aromatic N) is 4. The first-order valence-corrected chi connectivity index (χ1v) is 10.4. The summed E-state index contributed by atoms with van der Waals surface area (Å²) in [5.74, 6) is -0.326. The zero-order chi connectivity index (χ0) is 21.7. The van der Waals surface area contributed by atoms with Crippen molar-refractivity contribution in [2.75, 3.05) is 35.4 Å². The first kappa shape index (κ1) is 21.7. The minimum absolute atomic E-state index is 0.178. The van der Waals surface area contributed by atoms with Crippen LogP contribution in [0.5, 0.6) is 0 Å². The molecule has 0 aliphatic heterocycles. The summed E-state index contributed by atoms with van der Waals surface area (Å²) in [5, 5.41) is 14.6. The maximum Gasteiger partial charge on any atom is 0.255 e. The van der Waals surface area contributed by atoms with Gasteiger partial charge in [0.2, 0.25) is 5.91 Å². The number of carbonyl (C=O) groups excluding carboxylic acids is 2. The Hall–Kier alpha value is -3.04. The van der Waals surface area contributed by atoms with Gasteiger partial charge in [0.1, 0.15) is 6.33 Å². The van der Waals surface area contributed by atoms with Crippen LogP contribution in [-0.2, 0) is 11.8 Å². The van der Waals surface area contributed by atoms with Gasteiger partial charge in [0.05, 0.1) is 22.2 Å². The molecule has 156 valence electrons. The predicted molar refractivity (Wildman–Crippen MR) is 121 cm³/mol. The molecule has 2 aromatic carbocycles. The van der Waals surface area contributed by atoms with Gasteiger partial charge in [0.25, 0.3) is 5.91 Å². The summed E-state index contributed by atoms with van der Waals surface area (Å²) >= 11 is 7.54. The summed E-state index contributed by atoms with van der Waals surface area (Å²) in [6.45, 7) is 0. The van der Waals surface area contributed by atoms with Crippen molar-refractivity contribution in [1.82, 2.24) is 14.8 Å². The Balaban J connectivity index is 1.66. The number of hydrogen-bond acceptors (Lipinski definition) is 6. The maximum absolute atomic E-state index is 12.7. The van der Waals surface area contributed by atoms with Crippen LogP contribution in [0.3, 0.4) is 0 Å². The molecule has 3 aromatic rings. The van der Waals surface area contributed by atoms with Crippen LogP contribution in [0.1, 0.15) is 10.4 Å². The van der Waals surface area contributed by atoms with E-state index in [4.69, 9.17) is 11.6 Å². The fourth-order valence-electron chi connectivity index (χ4n) is 2.73. The molecule has 0 fully saturated rings. The lowest BCUT2D eigenvalue weighted by Gasteiger charge is -2.19. The Morgan fingerprint density at radius 1 is 1.17 bits per heavy atom. The summed E-state index contributed by atoms with van der Waals surface area (Å²) in [6.07, 6.45) is 1.57. The lowest BCUT2D eigenvalue weighted by molar-refractivity contribution is -0.113. The molecule has 2 amide bonds. The fraction of sp³-hybridized carbons (Fsp3) is 0.200. The number of hydrogen-bond donors (Lipinski definition) is 2. The second kappa shape index (κ2) is 9.64. The van der Waals surface area contributed by atoms with Crippen molar-refractivity contribution in [1.29, 1.82) is 0 Å². The summed E-state index contributed by atoms with van der Waals surface area (Å²) in [6, 6.07) is 12.1. The molecule has 2 N–H and O–H groups in total. The Kier molecular flexibility index (Phi) is 6.96. The topological polar surface area (TPSA) is 92.2 Å². The first-order valence-electron chi connectivity index (χ1n) is 8.99. The van der Waals surface area contributed by atoms with Crippen molar-refractivity contribution < 1.29 is 9.59 Å². The summed E-state index contributed by atoms with van der Waals surface area (Å²) < 4.78 is 1.74. The number of nitrogens with one attached hydrogen (secondary N) is 2. The van der Waals surface area contributed by atoms with Crippen molar-refractivity contribution in [2.24, 2.45) is 7.05 Å². The molecule has 1 aromatic heterocycles. The van der Waals surface area contributed by atoms with E-state index in [0.717, 1.165) is 5.69 Å². The van der Waals surface area contributed by atoms with E-state index >= 15 is 0 Å². The molecule has 8 nitrogen and oxygen atoms in total. The molecule has 0 spiro atoms. The Morgan fingerprint density at radius 2 is 1.93 bits per heavy atom. The molecule has 3 rings (SSSR count). The number of thioether (sulfide) groups is 1. The van der Waals surface area contributed by atoms with Crippen LogP contribution in [0.15, 0.2) is 53.9 Å². The molecule has 0 bridgehead atoms. The Bertz CT molecular complexity index is 1070. The van der Waals surface area contributed by atoms with E-state index in [-0.39, 0.29) is 17.6 Å². The number of halogens is 1. The number of para-hydroxylation sites is 1. The molecular formula is C20H21ClN6O2S. The fourth-order valence-corrected chi connectivity index (χ4v) is 3.77. The zero-order valence-corrected chi connectivity index (χ0v) is 18.3.